The van der Waals surface area contributed by atoms with Gasteiger partial charge in [-0.1, -0.05) is 170 Å². The molecule has 0 spiro atoms. The van der Waals surface area contributed by atoms with Gasteiger partial charge >= 0.3 is 0 Å². The van der Waals surface area contributed by atoms with E-state index in [9.17, 15) is 0 Å². The topological polar surface area (TPSA) is 48.5 Å². The SMILES string of the molecule is c1ccc(-c2nc(-c3ccccc3)nc(-c3cc(-c4ccc5sc6ccc7c8ccccc8n(-c8ccccc8)c7c6c5c4)ccc3-c3ccc4sc5ccc6c7ccccc7n(-c7ccccc7)c6c5c4c3)n2)cc1. The summed E-state index contributed by atoms with van der Waals surface area (Å²) in [5.74, 6) is 1.86. The van der Waals surface area contributed by atoms with E-state index in [1.165, 1.54) is 84.0 Å². The van der Waals surface area contributed by atoms with E-state index in [4.69, 9.17) is 15.0 Å². The Kier molecular flexibility index (Phi) is 9.61. The predicted octanol–water partition coefficient (Wildman–Crippen LogP) is 19.1. The standard InChI is InChI=1S/C69H41N5S2/c1-5-17-42(18-6-1)67-70-68(43-19-7-2-8-20-43)72-69(71-67)54-39-44(45-30-35-59-55(40-45)63-61(75-59)37-33-52-50-25-13-15-27-57(50)73(65(52)63)47-21-9-3-10-22-47)29-32-49(54)46-31-36-60-56(41-46)64-62(76-60)38-34-53-51-26-14-16-28-58(51)74(66(53)64)48-23-11-4-12-24-48/h1-41H. The lowest BCUT2D eigenvalue weighted by Gasteiger charge is -2.15. The third-order valence-electron chi connectivity index (χ3n) is 15.2. The number of benzene rings is 11. The van der Waals surface area contributed by atoms with Crippen LogP contribution in [0.2, 0.25) is 0 Å². The Hall–Kier alpha value is -9.53. The fourth-order valence-corrected chi connectivity index (χ4v) is 13.9. The molecular weight excluding hydrogens is 963 g/mol. The highest BCUT2D eigenvalue weighted by Crippen LogP contribution is 2.47. The van der Waals surface area contributed by atoms with Gasteiger partial charge in [0.2, 0.25) is 0 Å². The van der Waals surface area contributed by atoms with Crippen molar-refractivity contribution in [2.75, 3.05) is 0 Å². The highest BCUT2D eigenvalue weighted by Gasteiger charge is 2.23. The third-order valence-corrected chi connectivity index (χ3v) is 17.4. The molecule has 16 aromatic rings. The minimum Gasteiger partial charge on any atom is -0.309 e. The molecule has 0 radical (unpaired) electrons. The molecule has 0 N–H and O–H groups in total. The maximum atomic E-state index is 5.38. The molecule has 5 heterocycles. The molecule has 5 aromatic heterocycles. The monoisotopic (exact) mass is 1000 g/mol. The summed E-state index contributed by atoms with van der Waals surface area (Å²) in [6.45, 7) is 0. The Morgan fingerprint density at radius 3 is 1.20 bits per heavy atom. The Morgan fingerprint density at radius 1 is 0.263 bits per heavy atom. The van der Waals surface area contributed by atoms with Crippen molar-refractivity contribution in [3.05, 3.63) is 249 Å². The van der Waals surface area contributed by atoms with E-state index >= 15 is 0 Å². The molecule has 7 heteroatoms. The number of hydrogen-bond donors (Lipinski definition) is 0. The van der Waals surface area contributed by atoms with Gasteiger partial charge in [0.25, 0.3) is 0 Å². The number of thiophene rings is 2. The smallest absolute Gasteiger partial charge is 0.164 e. The number of rotatable bonds is 7. The normalized spacial score (nSPS) is 11.9. The van der Waals surface area contributed by atoms with Crippen molar-refractivity contribution in [1.29, 1.82) is 0 Å². The maximum Gasteiger partial charge on any atom is 0.164 e. The number of nitrogens with zero attached hydrogens (tertiary/aromatic N) is 5. The summed E-state index contributed by atoms with van der Waals surface area (Å²) in [6, 6.07) is 89.7. The van der Waals surface area contributed by atoms with Gasteiger partial charge in [0.15, 0.2) is 17.5 Å². The first-order valence-electron chi connectivity index (χ1n) is 25.6. The van der Waals surface area contributed by atoms with Crippen molar-refractivity contribution < 1.29 is 0 Å². The van der Waals surface area contributed by atoms with Gasteiger partial charge in [0.1, 0.15) is 0 Å². The average molecular weight is 1000 g/mol. The molecule has 0 aliphatic rings. The molecule has 354 valence electrons. The van der Waals surface area contributed by atoms with Crippen molar-refractivity contribution in [2.45, 2.75) is 0 Å². The third kappa shape index (κ3) is 6.66. The van der Waals surface area contributed by atoms with E-state index in [1.54, 1.807) is 0 Å². The summed E-state index contributed by atoms with van der Waals surface area (Å²) >= 11 is 3.71. The molecule has 0 bridgehead atoms. The molecule has 16 rings (SSSR count). The number of fused-ring (bicyclic) bond motifs is 14. The summed E-state index contributed by atoms with van der Waals surface area (Å²) < 4.78 is 9.91. The zero-order valence-corrected chi connectivity index (χ0v) is 42.4. The Bertz CT molecular complexity index is 4920. The van der Waals surface area contributed by atoms with Gasteiger partial charge in [-0.05, 0) is 101 Å². The summed E-state index contributed by atoms with van der Waals surface area (Å²) in [4.78, 5) is 15.9. The van der Waals surface area contributed by atoms with Gasteiger partial charge in [-0.25, -0.2) is 15.0 Å². The molecule has 5 nitrogen and oxygen atoms in total. The molecule has 0 fully saturated rings. The van der Waals surface area contributed by atoms with Gasteiger partial charge in [-0.3, -0.25) is 0 Å². The predicted molar refractivity (Wildman–Crippen MR) is 321 cm³/mol. The van der Waals surface area contributed by atoms with Gasteiger partial charge in [-0.15, -0.1) is 22.7 Å². The van der Waals surface area contributed by atoms with Gasteiger partial charge < -0.3 is 9.13 Å². The number of para-hydroxylation sites is 4. The van der Waals surface area contributed by atoms with Crippen LogP contribution >= 0.6 is 22.7 Å². The summed E-state index contributed by atoms with van der Waals surface area (Å²) in [7, 11) is 0. The molecular formula is C69H41N5S2. The largest absolute Gasteiger partial charge is 0.309 e. The van der Waals surface area contributed by atoms with Crippen LogP contribution in [0.1, 0.15) is 0 Å². The molecule has 0 atom stereocenters. The molecule has 0 saturated heterocycles. The zero-order valence-electron chi connectivity index (χ0n) is 40.7. The van der Waals surface area contributed by atoms with Crippen LogP contribution in [0.5, 0.6) is 0 Å². The fourth-order valence-electron chi connectivity index (χ4n) is 11.8. The van der Waals surface area contributed by atoms with Crippen molar-refractivity contribution in [3.8, 4) is 67.8 Å². The molecule has 0 amide bonds. The summed E-state index contributed by atoms with van der Waals surface area (Å²) in [5, 5.41) is 9.96. The van der Waals surface area contributed by atoms with Crippen LogP contribution < -0.4 is 0 Å². The van der Waals surface area contributed by atoms with E-state index in [0.717, 1.165) is 50.3 Å². The van der Waals surface area contributed by atoms with Gasteiger partial charge in [-0.2, -0.15) is 0 Å². The quantitative estimate of drug-likeness (QED) is 0.160. The maximum absolute atomic E-state index is 5.38. The zero-order chi connectivity index (χ0) is 49.8. The summed E-state index contributed by atoms with van der Waals surface area (Å²) in [5.41, 5.74) is 14.3. The minimum atomic E-state index is 0.613. The highest BCUT2D eigenvalue weighted by atomic mass is 32.1. The lowest BCUT2D eigenvalue weighted by Crippen LogP contribution is -2.01. The average Bonchev–Trinajstić information content (AvgIpc) is 4.37. The molecule has 0 aliphatic heterocycles. The van der Waals surface area contributed by atoms with Crippen molar-refractivity contribution in [1.82, 2.24) is 24.1 Å². The van der Waals surface area contributed by atoms with Gasteiger partial charge in [0.05, 0.1) is 22.1 Å². The lowest BCUT2D eigenvalue weighted by atomic mass is 9.93. The molecule has 0 saturated carbocycles. The molecule has 0 aliphatic carbocycles. The van der Waals surface area contributed by atoms with Crippen LogP contribution in [0.25, 0.3) is 152 Å². The second-order valence-corrected chi connectivity index (χ2v) is 21.6. The number of aromatic nitrogens is 5. The van der Waals surface area contributed by atoms with E-state index in [2.05, 4.69) is 221 Å². The van der Waals surface area contributed by atoms with E-state index in [-0.39, 0.29) is 0 Å². The Labute approximate surface area is 444 Å². The van der Waals surface area contributed by atoms with Crippen LogP contribution in [0.4, 0.5) is 0 Å². The van der Waals surface area contributed by atoms with E-state index < -0.39 is 0 Å². The fraction of sp³-hybridized carbons (Fsp3) is 0. The first-order valence-corrected chi connectivity index (χ1v) is 27.2. The molecule has 11 aromatic carbocycles. The van der Waals surface area contributed by atoms with E-state index in [0.29, 0.717) is 17.5 Å². The number of hydrogen-bond acceptors (Lipinski definition) is 5. The second kappa shape index (κ2) is 17.0. The Morgan fingerprint density at radius 2 is 0.671 bits per heavy atom. The first-order chi connectivity index (χ1) is 37.7. The second-order valence-electron chi connectivity index (χ2n) is 19.5. The highest BCUT2D eigenvalue weighted by molar-refractivity contribution is 7.26. The van der Waals surface area contributed by atoms with E-state index in [1.807, 2.05) is 59.1 Å². The van der Waals surface area contributed by atoms with Crippen LogP contribution in [-0.4, -0.2) is 24.1 Å². The van der Waals surface area contributed by atoms with Crippen LogP contribution in [0.3, 0.4) is 0 Å². The van der Waals surface area contributed by atoms with Crippen molar-refractivity contribution >= 4 is 107 Å². The van der Waals surface area contributed by atoms with Crippen LogP contribution in [-0.2, 0) is 0 Å². The van der Waals surface area contributed by atoms with Crippen LogP contribution in [0, 0.1) is 0 Å². The minimum absolute atomic E-state index is 0.613. The lowest BCUT2D eigenvalue weighted by molar-refractivity contribution is 1.07. The molecule has 76 heavy (non-hydrogen) atoms. The summed E-state index contributed by atoms with van der Waals surface area (Å²) in [6.07, 6.45) is 0. The Balaban J connectivity index is 0.951. The molecule has 0 unspecified atom stereocenters. The first kappa shape index (κ1) is 42.9. The van der Waals surface area contributed by atoms with Gasteiger partial charge in [0, 0.05) is 90.0 Å². The van der Waals surface area contributed by atoms with Crippen molar-refractivity contribution in [2.24, 2.45) is 0 Å². The van der Waals surface area contributed by atoms with Crippen LogP contribution in [0.15, 0.2) is 249 Å². The van der Waals surface area contributed by atoms with Crippen molar-refractivity contribution in [3.63, 3.8) is 0 Å².